The Balaban J connectivity index is 2.06. The Bertz CT molecular complexity index is 1080. The number of hydrogen-bond acceptors (Lipinski definition) is 8. The van der Waals surface area contributed by atoms with Crippen molar-refractivity contribution in [2.45, 2.75) is 6.54 Å². The van der Waals surface area contributed by atoms with Gasteiger partial charge in [0.1, 0.15) is 6.07 Å². The third kappa shape index (κ3) is 3.31. The van der Waals surface area contributed by atoms with Gasteiger partial charge in [-0.05, 0) is 17.3 Å². The highest BCUT2D eigenvalue weighted by Crippen LogP contribution is 2.26. The Morgan fingerprint density at radius 1 is 1.41 bits per heavy atom. The highest BCUT2D eigenvalue weighted by molar-refractivity contribution is 5.96. The largest absolute Gasteiger partial charge is 0.480 e. The SMILES string of the molecule is COC(=O)c1c(N)c(C#N)cn1-c1cccc(-c2nnn(CC(=O)O)n2)c1. The number of carboxylic acid groups (broad SMARTS) is 1. The van der Waals surface area contributed by atoms with Gasteiger partial charge in [0.25, 0.3) is 0 Å². The average Bonchev–Trinajstić information content (AvgIpc) is 3.25. The zero-order valence-electron chi connectivity index (χ0n) is 14.0. The number of aliphatic carboxylic acids is 1. The lowest BCUT2D eigenvalue weighted by molar-refractivity contribution is -0.138. The van der Waals surface area contributed by atoms with Gasteiger partial charge in [0.05, 0.1) is 18.4 Å². The highest BCUT2D eigenvalue weighted by Gasteiger charge is 2.22. The molecule has 0 spiro atoms. The molecule has 0 aliphatic carbocycles. The van der Waals surface area contributed by atoms with Crippen LogP contribution in [-0.4, -0.2) is 48.9 Å². The summed E-state index contributed by atoms with van der Waals surface area (Å²) in [5.74, 6) is -1.58. The maximum Gasteiger partial charge on any atom is 0.357 e. The van der Waals surface area contributed by atoms with Crippen molar-refractivity contribution in [1.82, 2.24) is 24.8 Å². The van der Waals surface area contributed by atoms with Crippen molar-refractivity contribution >= 4 is 17.6 Å². The summed E-state index contributed by atoms with van der Waals surface area (Å²) in [4.78, 5) is 23.8. The number of anilines is 1. The summed E-state index contributed by atoms with van der Waals surface area (Å²) in [5.41, 5.74) is 7.10. The Hall–Kier alpha value is -4.20. The van der Waals surface area contributed by atoms with Crippen LogP contribution in [0.5, 0.6) is 0 Å². The zero-order valence-corrected chi connectivity index (χ0v) is 14.0. The van der Waals surface area contributed by atoms with Gasteiger partial charge in [0, 0.05) is 17.4 Å². The quantitative estimate of drug-likeness (QED) is 0.610. The number of esters is 1. The van der Waals surface area contributed by atoms with E-state index in [0.29, 0.717) is 11.3 Å². The second kappa shape index (κ2) is 6.96. The van der Waals surface area contributed by atoms with E-state index in [9.17, 15) is 14.9 Å². The van der Waals surface area contributed by atoms with Crippen molar-refractivity contribution in [1.29, 1.82) is 5.26 Å². The van der Waals surface area contributed by atoms with Crippen LogP contribution in [-0.2, 0) is 16.1 Å². The number of hydrogen-bond donors (Lipinski definition) is 2. The predicted molar refractivity (Wildman–Crippen MR) is 90.7 cm³/mol. The molecule has 27 heavy (non-hydrogen) atoms. The van der Waals surface area contributed by atoms with Crippen LogP contribution in [0.3, 0.4) is 0 Å². The van der Waals surface area contributed by atoms with Crippen LogP contribution in [0, 0.1) is 11.3 Å². The number of rotatable bonds is 5. The lowest BCUT2D eigenvalue weighted by atomic mass is 10.2. The average molecular weight is 367 g/mol. The number of carbonyl (C=O) groups is 2. The Kier molecular flexibility index (Phi) is 4.54. The Morgan fingerprint density at radius 2 is 2.19 bits per heavy atom. The fraction of sp³-hybridized carbons (Fsp3) is 0.125. The lowest BCUT2D eigenvalue weighted by Crippen LogP contribution is -2.11. The van der Waals surface area contributed by atoms with Crippen molar-refractivity contribution in [3.05, 3.63) is 41.7 Å². The maximum atomic E-state index is 12.1. The molecule has 136 valence electrons. The van der Waals surface area contributed by atoms with Crippen molar-refractivity contribution in [3.63, 3.8) is 0 Å². The molecular weight excluding hydrogens is 354 g/mol. The number of nitriles is 1. The molecule has 0 radical (unpaired) electrons. The molecule has 2 heterocycles. The molecule has 0 atom stereocenters. The maximum absolute atomic E-state index is 12.1. The fourth-order valence-corrected chi connectivity index (χ4v) is 2.46. The molecule has 0 aliphatic heterocycles. The molecule has 0 unspecified atom stereocenters. The first-order valence-electron chi connectivity index (χ1n) is 7.54. The predicted octanol–water partition coefficient (Wildman–Crippen LogP) is 0.456. The van der Waals surface area contributed by atoms with E-state index in [1.165, 1.54) is 17.9 Å². The summed E-state index contributed by atoms with van der Waals surface area (Å²) in [6.07, 6.45) is 1.43. The fourth-order valence-electron chi connectivity index (χ4n) is 2.46. The second-order valence-electron chi connectivity index (χ2n) is 5.37. The minimum Gasteiger partial charge on any atom is -0.480 e. The molecule has 0 aliphatic rings. The van der Waals surface area contributed by atoms with Crippen molar-refractivity contribution in [2.75, 3.05) is 12.8 Å². The number of ether oxygens (including phenoxy) is 1. The molecule has 0 bridgehead atoms. The van der Waals surface area contributed by atoms with Gasteiger partial charge in [0.15, 0.2) is 12.2 Å². The first-order valence-corrected chi connectivity index (χ1v) is 7.54. The summed E-state index contributed by atoms with van der Waals surface area (Å²) >= 11 is 0. The van der Waals surface area contributed by atoms with E-state index in [0.717, 1.165) is 4.80 Å². The number of nitrogen functional groups attached to an aromatic ring is 1. The van der Waals surface area contributed by atoms with Gasteiger partial charge in [-0.15, -0.1) is 10.2 Å². The van der Waals surface area contributed by atoms with Gasteiger partial charge >= 0.3 is 11.9 Å². The molecule has 0 saturated heterocycles. The van der Waals surface area contributed by atoms with Gasteiger partial charge in [0.2, 0.25) is 5.82 Å². The van der Waals surface area contributed by atoms with Crippen LogP contribution in [0.15, 0.2) is 30.5 Å². The van der Waals surface area contributed by atoms with E-state index in [-0.39, 0.29) is 22.8 Å². The van der Waals surface area contributed by atoms with Crippen LogP contribution in [0.4, 0.5) is 5.69 Å². The van der Waals surface area contributed by atoms with E-state index in [1.807, 2.05) is 6.07 Å². The monoisotopic (exact) mass is 367 g/mol. The number of methoxy groups -OCH3 is 1. The van der Waals surface area contributed by atoms with Crippen LogP contribution >= 0.6 is 0 Å². The van der Waals surface area contributed by atoms with Crippen molar-refractivity contribution < 1.29 is 19.4 Å². The molecule has 3 rings (SSSR count). The van der Waals surface area contributed by atoms with E-state index in [1.54, 1.807) is 24.3 Å². The number of benzene rings is 1. The first kappa shape index (κ1) is 17.6. The zero-order chi connectivity index (χ0) is 19.6. The molecular formula is C16H13N7O4. The van der Waals surface area contributed by atoms with E-state index in [2.05, 4.69) is 15.4 Å². The number of nitrogens with zero attached hydrogens (tertiary/aromatic N) is 6. The third-order valence-electron chi connectivity index (χ3n) is 3.66. The lowest BCUT2D eigenvalue weighted by Gasteiger charge is -2.09. The van der Waals surface area contributed by atoms with Crippen molar-refractivity contribution in [3.8, 4) is 23.1 Å². The summed E-state index contributed by atoms with van der Waals surface area (Å²) in [7, 11) is 1.21. The third-order valence-corrected chi connectivity index (χ3v) is 3.66. The number of aromatic nitrogens is 5. The summed E-state index contributed by atoms with van der Waals surface area (Å²) < 4.78 is 6.18. The summed E-state index contributed by atoms with van der Waals surface area (Å²) in [5, 5.41) is 29.5. The molecule has 11 heteroatoms. The first-order chi connectivity index (χ1) is 12.9. The molecule has 0 fully saturated rings. The standard InChI is InChI=1S/C16H13N7O4/c1-27-16(26)14-13(18)10(6-17)7-22(14)11-4-2-3-9(5-11)15-19-21-23(20-15)8-12(24)25/h2-5,7H,8,18H2,1H3,(H,24,25). The van der Waals surface area contributed by atoms with E-state index < -0.39 is 18.5 Å². The molecule has 1 aromatic carbocycles. The van der Waals surface area contributed by atoms with Crippen LogP contribution in [0.1, 0.15) is 16.1 Å². The molecule has 2 aromatic heterocycles. The summed E-state index contributed by atoms with van der Waals surface area (Å²) in [6.45, 7) is -0.418. The minimum atomic E-state index is -1.10. The Labute approximate surface area is 152 Å². The number of carbonyl (C=O) groups excluding carboxylic acids is 1. The van der Waals surface area contributed by atoms with Crippen molar-refractivity contribution in [2.24, 2.45) is 0 Å². The highest BCUT2D eigenvalue weighted by atomic mass is 16.5. The van der Waals surface area contributed by atoms with Gasteiger partial charge < -0.3 is 20.1 Å². The van der Waals surface area contributed by atoms with Gasteiger partial charge in [-0.1, -0.05) is 12.1 Å². The van der Waals surface area contributed by atoms with Crippen LogP contribution < -0.4 is 5.73 Å². The van der Waals surface area contributed by atoms with E-state index in [4.69, 9.17) is 15.6 Å². The smallest absolute Gasteiger partial charge is 0.357 e. The molecule has 0 amide bonds. The van der Waals surface area contributed by atoms with Gasteiger partial charge in [-0.2, -0.15) is 10.1 Å². The van der Waals surface area contributed by atoms with Crippen LogP contribution in [0.2, 0.25) is 0 Å². The molecule has 3 aromatic rings. The molecule has 11 nitrogen and oxygen atoms in total. The van der Waals surface area contributed by atoms with Gasteiger partial charge in [-0.3, -0.25) is 4.79 Å². The number of nitrogens with two attached hydrogens (primary N) is 1. The minimum absolute atomic E-state index is 0.0141. The second-order valence-corrected chi connectivity index (χ2v) is 5.37. The summed E-state index contributed by atoms with van der Waals surface area (Å²) in [6, 6.07) is 8.65. The molecule has 3 N–H and O–H groups in total. The van der Waals surface area contributed by atoms with Gasteiger partial charge in [-0.25, -0.2) is 4.79 Å². The van der Waals surface area contributed by atoms with Crippen LogP contribution in [0.25, 0.3) is 17.1 Å². The number of carboxylic acids is 1. The topological polar surface area (TPSA) is 162 Å². The molecule has 0 saturated carbocycles. The number of tetrazole rings is 1. The normalized spacial score (nSPS) is 10.4. The van der Waals surface area contributed by atoms with E-state index >= 15 is 0 Å². The Morgan fingerprint density at radius 3 is 2.85 bits per heavy atom.